The summed E-state index contributed by atoms with van der Waals surface area (Å²) in [4.78, 5) is 0. The maximum atomic E-state index is 6.04. The van der Waals surface area contributed by atoms with E-state index in [0.717, 1.165) is 22.9 Å². The molecule has 2 unspecified atom stereocenters. The topological polar surface area (TPSA) is 12.0 Å². The van der Waals surface area contributed by atoms with Crippen LogP contribution in [-0.4, -0.2) is 12.6 Å². The molecular formula is C14H18ClN. The van der Waals surface area contributed by atoms with Crippen LogP contribution in [0.5, 0.6) is 0 Å². The van der Waals surface area contributed by atoms with Crippen molar-refractivity contribution in [2.24, 2.45) is 5.92 Å². The molecule has 2 atom stereocenters. The second-order valence-corrected chi connectivity index (χ2v) is 5.62. The second-order valence-electron chi connectivity index (χ2n) is 5.18. The number of rotatable bonds is 4. The summed E-state index contributed by atoms with van der Waals surface area (Å²) in [5.74, 6) is 1.57. The number of hydrogen-bond acceptors (Lipinski definition) is 1. The summed E-state index contributed by atoms with van der Waals surface area (Å²) in [6, 6.07) is 9.22. The molecule has 2 aliphatic carbocycles. The van der Waals surface area contributed by atoms with Gasteiger partial charge >= 0.3 is 0 Å². The molecule has 1 N–H and O–H groups in total. The molecule has 1 aromatic carbocycles. The van der Waals surface area contributed by atoms with Crippen molar-refractivity contribution in [3.05, 3.63) is 34.9 Å². The lowest BCUT2D eigenvalue weighted by atomic mass is 9.70. The molecule has 2 heteroatoms. The molecule has 0 saturated heterocycles. The summed E-state index contributed by atoms with van der Waals surface area (Å²) in [5, 5.41) is 4.51. The van der Waals surface area contributed by atoms with Gasteiger partial charge in [0.1, 0.15) is 0 Å². The molecule has 0 heterocycles. The Morgan fingerprint density at radius 2 is 2.06 bits per heavy atom. The van der Waals surface area contributed by atoms with Gasteiger partial charge in [-0.2, -0.15) is 0 Å². The van der Waals surface area contributed by atoms with Gasteiger partial charge in [0, 0.05) is 11.1 Å². The van der Waals surface area contributed by atoms with Gasteiger partial charge in [-0.3, -0.25) is 0 Å². The van der Waals surface area contributed by atoms with Crippen molar-refractivity contribution in [3.8, 4) is 0 Å². The molecule has 0 amide bonds. The maximum absolute atomic E-state index is 6.04. The molecule has 0 aromatic heterocycles. The van der Waals surface area contributed by atoms with Crippen LogP contribution in [-0.2, 0) is 0 Å². The van der Waals surface area contributed by atoms with Crippen molar-refractivity contribution in [1.29, 1.82) is 0 Å². The highest BCUT2D eigenvalue weighted by Gasteiger charge is 2.33. The first-order valence-electron chi connectivity index (χ1n) is 6.32. The molecule has 2 saturated carbocycles. The summed E-state index contributed by atoms with van der Waals surface area (Å²) in [6.07, 6.45) is 5.47. The number of benzene rings is 1. The molecule has 1 aromatic rings. The van der Waals surface area contributed by atoms with Gasteiger partial charge in [-0.25, -0.2) is 0 Å². The van der Waals surface area contributed by atoms with Gasteiger partial charge in [0.15, 0.2) is 0 Å². The van der Waals surface area contributed by atoms with Crippen molar-refractivity contribution in [2.45, 2.75) is 37.6 Å². The fourth-order valence-corrected chi connectivity index (χ4v) is 2.79. The third kappa shape index (κ3) is 2.26. The first-order valence-corrected chi connectivity index (χ1v) is 6.69. The summed E-state index contributed by atoms with van der Waals surface area (Å²) in [6.45, 7) is 1.20. The monoisotopic (exact) mass is 235 g/mol. The summed E-state index contributed by atoms with van der Waals surface area (Å²) < 4.78 is 0. The fourth-order valence-electron chi connectivity index (χ4n) is 2.59. The highest BCUT2D eigenvalue weighted by Crippen LogP contribution is 2.42. The van der Waals surface area contributed by atoms with E-state index in [1.54, 1.807) is 0 Å². The van der Waals surface area contributed by atoms with Crippen LogP contribution in [0.3, 0.4) is 0 Å². The van der Waals surface area contributed by atoms with Crippen molar-refractivity contribution < 1.29 is 0 Å². The quantitative estimate of drug-likeness (QED) is 0.841. The third-order valence-electron chi connectivity index (χ3n) is 3.94. The van der Waals surface area contributed by atoms with Crippen LogP contribution in [0.2, 0.25) is 5.02 Å². The highest BCUT2D eigenvalue weighted by atomic mass is 35.5. The van der Waals surface area contributed by atoms with Crippen LogP contribution in [0, 0.1) is 5.92 Å². The Morgan fingerprint density at radius 1 is 1.19 bits per heavy atom. The smallest absolute Gasteiger partial charge is 0.0408 e. The fraction of sp³-hybridized carbons (Fsp3) is 0.571. The van der Waals surface area contributed by atoms with Crippen LogP contribution in [0.4, 0.5) is 0 Å². The molecule has 16 heavy (non-hydrogen) atoms. The van der Waals surface area contributed by atoms with Gasteiger partial charge < -0.3 is 5.32 Å². The van der Waals surface area contributed by atoms with Gasteiger partial charge in [0.2, 0.25) is 0 Å². The zero-order valence-corrected chi connectivity index (χ0v) is 10.2. The van der Waals surface area contributed by atoms with Gasteiger partial charge in [-0.15, -0.1) is 0 Å². The Balaban J connectivity index is 1.61. The molecule has 3 rings (SSSR count). The Kier molecular flexibility index (Phi) is 2.91. The third-order valence-corrected chi connectivity index (χ3v) is 4.18. The zero-order valence-electron chi connectivity index (χ0n) is 9.45. The van der Waals surface area contributed by atoms with Crippen molar-refractivity contribution in [1.82, 2.24) is 5.32 Å². The lowest BCUT2D eigenvalue weighted by Crippen LogP contribution is -2.34. The largest absolute Gasteiger partial charge is 0.314 e. The van der Waals surface area contributed by atoms with E-state index < -0.39 is 0 Å². The van der Waals surface area contributed by atoms with E-state index in [1.807, 2.05) is 6.07 Å². The molecule has 86 valence electrons. The Bertz CT molecular complexity index is 373. The molecule has 2 fully saturated rings. The molecule has 1 nitrogen and oxygen atoms in total. The minimum absolute atomic E-state index is 0.741. The molecule has 0 bridgehead atoms. The van der Waals surface area contributed by atoms with E-state index >= 15 is 0 Å². The molecule has 0 aliphatic heterocycles. The van der Waals surface area contributed by atoms with E-state index in [9.17, 15) is 0 Å². The SMILES string of the molecule is Clc1cccc(C2CCC2CNC2CC2)c1. The zero-order chi connectivity index (χ0) is 11.0. The predicted octanol–water partition coefficient (Wildman–Crippen LogP) is 3.59. The molecular weight excluding hydrogens is 218 g/mol. The standard InChI is InChI=1S/C14H18ClN/c15-12-3-1-2-10(8-12)14-7-4-11(14)9-16-13-5-6-13/h1-3,8,11,13-14,16H,4-7,9H2. The average Bonchev–Trinajstić information content (AvgIpc) is 3.00. The first kappa shape index (κ1) is 10.6. The minimum atomic E-state index is 0.741. The Hall–Kier alpha value is -0.530. The van der Waals surface area contributed by atoms with E-state index in [-0.39, 0.29) is 0 Å². The summed E-state index contributed by atoms with van der Waals surface area (Å²) in [5.41, 5.74) is 1.43. The predicted molar refractivity (Wildman–Crippen MR) is 67.9 cm³/mol. The van der Waals surface area contributed by atoms with Crippen LogP contribution >= 0.6 is 11.6 Å². The Morgan fingerprint density at radius 3 is 2.69 bits per heavy atom. The lowest BCUT2D eigenvalue weighted by Gasteiger charge is -2.37. The van der Waals surface area contributed by atoms with Crippen LogP contribution in [0.15, 0.2) is 24.3 Å². The van der Waals surface area contributed by atoms with Crippen molar-refractivity contribution in [3.63, 3.8) is 0 Å². The van der Waals surface area contributed by atoms with E-state index in [4.69, 9.17) is 11.6 Å². The highest BCUT2D eigenvalue weighted by molar-refractivity contribution is 6.30. The van der Waals surface area contributed by atoms with Gasteiger partial charge in [0.25, 0.3) is 0 Å². The van der Waals surface area contributed by atoms with Crippen LogP contribution in [0.1, 0.15) is 37.2 Å². The summed E-state index contributed by atoms with van der Waals surface area (Å²) in [7, 11) is 0. The van der Waals surface area contributed by atoms with Gasteiger partial charge in [-0.05, 0) is 61.8 Å². The van der Waals surface area contributed by atoms with Gasteiger partial charge in [0.05, 0.1) is 0 Å². The van der Waals surface area contributed by atoms with E-state index in [2.05, 4.69) is 23.5 Å². The lowest BCUT2D eigenvalue weighted by molar-refractivity contribution is 0.245. The molecule has 0 radical (unpaired) electrons. The summed E-state index contributed by atoms with van der Waals surface area (Å²) >= 11 is 6.04. The normalized spacial score (nSPS) is 28.8. The second kappa shape index (κ2) is 4.38. The number of halogens is 1. The average molecular weight is 236 g/mol. The van der Waals surface area contributed by atoms with Crippen LogP contribution in [0.25, 0.3) is 0 Å². The Labute approximate surface area is 102 Å². The van der Waals surface area contributed by atoms with Crippen molar-refractivity contribution in [2.75, 3.05) is 6.54 Å². The van der Waals surface area contributed by atoms with Crippen molar-refractivity contribution >= 4 is 11.6 Å². The minimum Gasteiger partial charge on any atom is -0.314 e. The van der Waals surface area contributed by atoms with Gasteiger partial charge in [-0.1, -0.05) is 23.7 Å². The first-order chi connectivity index (χ1) is 7.83. The van der Waals surface area contributed by atoms with Crippen LogP contribution < -0.4 is 5.32 Å². The number of hydrogen-bond donors (Lipinski definition) is 1. The van der Waals surface area contributed by atoms with E-state index in [0.29, 0.717) is 0 Å². The molecule has 2 aliphatic rings. The maximum Gasteiger partial charge on any atom is 0.0408 e. The van der Waals surface area contributed by atoms with E-state index in [1.165, 1.54) is 37.8 Å². The number of nitrogens with one attached hydrogen (secondary N) is 1. The molecule has 0 spiro atoms.